The number of nitrogens with zero attached hydrogens (tertiary/aromatic N) is 2. The summed E-state index contributed by atoms with van der Waals surface area (Å²) in [5.74, 6) is 0.737. The molecule has 9 aromatic carbocycles. The Morgan fingerprint density at radius 3 is 1.68 bits per heavy atom. The Hall–Kier alpha value is -6.94. The highest BCUT2D eigenvalue weighted by molar-refractivity contribution is 7.26. The molecule has 11 aromatic rings. The van der Waals surface area contributed by atoms with Crippen LogP contribution in [-0.2, 0) is 5.41 Å². The molecule has 2 aliphatic rings. The summed E-state index contributed by atoms with van der Waals surface area (Å²) in [4.78, 5) is 11.2. The molecule has 1 spiro atoms. The van der Waals surface area contributed by atoms with E-state index < -0.39 is 5.41 Å². The van der Waals surface area contributed by atoms with Crippen molar-refractivity contribution in [2.45, 2.75) is 5.41 Å². The topological polar surface area (TPSA) is 25.8 Å². The van der Waals surface area contributed by atoms with Crippen LogP contribution in [0.2, 0.25) is 0 Å². The maximum Gasteiger partial charge on any atom is 0.160 e. The zero-order chi connectivity index (χ0) is 36.5. The minimum Gasteiger partial charge on any atom is -0.227 e. The van der Waals surface area contributed by atoms with Crippen LogP contribution in [0.5, 0.6) is 0 Å². The fourth-order valence-corrected chi connectivity index (χ4v) is 11.3. The number of fused-ring (bicyclic) bond motifs is 18. The molecule has 2 heterocycles. The highest BCUT2D eigenvalue weighted by Crippen LogP contribution is 2.63. The first kappa shape index (κ1) is 30.4. The van der Waals surface area contributed by atoms with Gasteiger partial charge in [-0.2, -0.15) is 0 Å². The van der Waals surface area contributed by atoms with Crippen molar-refractivity contribution in [1.29, 1.82) is 0 Å². The fraction of sp³-hybridized carbons (Fsp3) is 0.0189. The van der Waals surface area contributed by atoms with Crippen molar-refractivity contribution in [3.63, 3.8) is 0 Å². The first-order valence-corrected chi connectivity index (χ1v) is 20.1. The van der Waals surface area contributed by atoms with E-state index in [0.717, 1.165) is 33.5 Å². The number of aromatic nitrogens is 2. The summed E-state index contributed by atoms with van der Waals surface area (Å²) in [7, 11) is 0. The van der Waals surface area contributed by atoms with E-state index in [2.05, 4.69) is 182 Å². The Morgan fingerprint density at radius 2 is 0.929 bits per heavy atom. The Morgan fingerprint density at radius 1 is 0.375 bits per heavy atom. The van der Waals surface area contributed by atoms with Gasteiger partial charge in [-0.1, -0.05) is 158 Å². The van der Waals surface area contributed by atoms with Crippen molar-refractivity contribution < 1.29 is 0 Å². The van der Waals surface area contributed by atoms with Crippen LogP contribution in [0.4, 0.5) is 0 Å². The van der Waals surface area contributed by atoms with E-state index in [4.69, 9.17) is 9.97 Å². The van der Waals surface area contributed by atoms with Gasteiger partial charge < -0.3 is 0 Å². The third-order valence-corrected chi connectivity index (χ3v) is 13.6. The Kier molecular flexibility index (Phi) is 6.01. The van der Waals surface area contributed by atoms with Gasteiger partial charge in [0.15, 0.2) is 5.82 Å². The van der Waals surface area contributed by atoms with E-state index in [1.807, 2.05) is 11.3 Å². The van der Waals surface area contributed by atoms with Crippen LogP contribution in [0.3, 0.4) is 0 Å². The van der Waals surface area contributed by atoms with Crippen molar-refractivity contribution in [2.24, 2.45) is 0 Å². The van der Waals surface area contributed by atoms with E-state index in [1.54, 1.807) is 0 Å². The molecule has 3 heteroatoms. The number of thiophene rings is 1. The predicted octanol–water partition coefficient (Wildman–Crippen LogP) is 14.0. The standard InChI is InChI=1S/C53H30N2S/c1-3-15-34-31(12-1)14-11-20-39(34)50-40-26-29-47-49(48-35-16-4-2-13-32(35)25-28-46(48)56-47)51(40)55-52(54-50)33-24-27-45-41(30-33)38-19-7-10-23-44(38)53(45)42-21-8-5-17-36(42)37-18-6-9-22-43(37)53/h1-30H. The van der Waals surface area contributed by atoms with Crippen LogP contribution in [0.1, 0.15) is 22.3 Å². The summed E-state index contributed by atoms with van der Waals surface area (Å²) in [5, 5.41) is 8.41. The zero-order valence-electron chi connectivity index (χ0n) is 30.1. The molecule has 2 aliphatic carbocycles. The largest absolute Gasteiger partial charge is 0.227 e. The van der Waals surface area contributed by atoms with E-state index in [0.29, 0.717) is 0 Å². The van der Waals surface area contributed by atoms with Gasteiger partial charge in [0.2, 0.25) is 0 Å². The van der Waals surface area contributed by atoms with Gasteiger partial charge in [0.25, 0.3) is 0 Å². The number of hydrogen-bond donors (Lipinski definition) is 0. The smallest absolute Gasteiger partial charge is 0.160 e. The van der Waals surface area contributed by atoms with Crippen molar-refractivity contribution in [2.75, 3.05) is 0 Å². The summed E-state index contributed by atoms with van der Waals surface area (Å²) in [6.45, 7) is 0. The lowest BCUT2D eigenvalue weighted by Gasteiger charge is -2.30. The van der Waals surface area contributed by atoms with E-state index in [-0.39, 0.29) is 0 Å². The first-order valence-electron chi connectivity index (χ1n) is 19.2. The molecule has 0 unspecified atom stereocenters. The monoisotopic (exact) mass is 726 g/mol. The zero-order valence-corrected chi connectivity index (χ0v) is 30.9. The average molecular weight is 727 g/mol. The van der Waals surface area contributed by atoms with Crippen LogP contribution in [0.25, 0.3) is 97.5 Å². The molecular formula is C53H30N2S. The summed E-state index contributed by atoms with van der Waals surface area (Å²) in [5.41, 5.74) is 14.2. The molecule has 0 radical (unpaired) electrons. The molecule has 0 bridgehead atoms. The van der Waals surface area contributed by atoms with E-state index >= 15 is 0 Å². The molecule has 258 valence electrons. The SMILES string of the molecule is c1ccc2c(c1)-c1ccccc1C21c2ccccc2-c2cc(-c3nc(-c4cccc5ccccc45)c4ccc5sc6ccc7ccccc7c6c5c4n3)ccc21. The summed E-state index contributed by atoms with van der Waals surface area (Å²) in [6.07, 6.45) is 0. The lowest BCUT2D eigenvalue weighted by molar-refractivity contribution is 0.794. The van der Waals surface area contributed by atoms with E-state index in [9.17, 15) is 0 Å². The summed E-state index contributed by atoms with van der Waals surface area (Å²) in [6, 6.07) is 66.9. The normalized spacial score (nSPS) is 13.5. The van der Waals surface area contributed by atoms with Gasteiger partial charge in [0.1, 0.15) is 0 Å². The molecule has 0 saturated heterocycles. The molecule has 0 amide bonds. The van der Waals surface area contributed by atoms with Crippen molar-refractivity contribution >= 4 is 64.0 Å². The van der Waals surface area contributed by atoms with Crippen molar-refractivity contribution in [1.82, 2.24) is 9.97 Å². The maximum absolute atomic E-state index is 5.61. The molecule has 0 aliphatic heterocycles. The lowest BCUT2D eigenvalue weighted by atomic mass is 9.70. The Bertz CT molecular complexity index is 3450. The first-order chi connectivity index (χ1) is 27.8. The number of benzene rings is 9. The molecule has 13 rings (SSSR count). The van der Waals surface area contributed by atoms with Gasteiger partial charge in [-0.25, -0.2) is 9.97 Å². The van der Waals surface area contributed by atoms with Gasteiger partial charge in [-0.3, -0.25) is 0 Å². The molecule has 2 nitrogen and oxygen atoms in total. The maximum atomic E-state index is 5.61. The second-order valence-electron chi connectivity index (χ2n) is 15.2. The minimum atomic E-state index is -0.390. The second-order valence-corrected chi connectivity index (χ2v) is 16.3. The quantitative estimate of drug-likeness (QED) is 0.177. The molecule has 0 atom stereocenters. The van der Waals surface area contributed by atoms with Gasteiger partial charge in [0, 0.05) is 36.7 Å². The molecule has 0 fully saturated rings. The van der Waals surface area contributed by atoms with Crippen LogP contribution < -0.4 is 0 Å². The lowest BCUT2D eigenvalue weighted by Crippen LogP contribution is -2.25. The van der Waals surface area contributed by atoms with Gasteiger partial charge in [0.05, 0.1) is 16.6 Å². The van der Waals surface area contributed by atoms with Crippen LogP contribution in [0, 0.1) is 0 Å². The van der Waals surface area contributed by atoms with Crippen molar-refractivity contribution in [3.8, 4) is 44.9 Å². The number of rotatable bonds is 2. The van der Waals surface area contributed by atoms with Crippen molar-refractivity contribution in [3.05, 3.63) is 204 Å². The van der Waals surface area contributed by atoms with Gasteiger partial charge in [-0.05, 0) is 90.3 Å². The minimum absolute atomic E-state index is 0.390. The van der Waals surface area contributed by atoms with Gasteiger partial charge in [-0.15, -0.1) is 11.3 Å². The molecular weight excluding hydrogens is 697 g/mol. The Balaban J connectivity index is 1.13. The average Bonchev–Trinajstić information content (AvgIpc) is 3.90. The molecule has 2 aromatic heterocycles. The van der Waals surface area contributed by atoms with Crippen LogP contribution in [0.15, 0.2) is 182 Å². The fourth-order valence-electron chi connectivity index (χ4n) is 10.2. The van der Waals surface area contributed by atoms with Crippen LogP contribution in [-0.4, -0.2) is 9.97 Å². The van der Waals surface area contributed by atoms with E-state index in [1.165, 1.54) is 86.2 Å². The van der Waals surface area contributed by atoms with Gasteiger partial charge >= 0.3 is 0 Å². The van der Waals surface area contributed by atoms with Crippen LogP contribution >= 0.6 is 11.3 Å². The molecule has 0 N–H and O–H groups in total. The molecule has 0 saturated carbocycles. The molecule has 56 heavy (non-hydrogen) atoms. The highest BCUT2D eigenvalue weighted by Gasteiger charge is 2.51. The third kappa shape index (κ3) is 3.85. The summed E-state index contributed by atoms with van der Waals surface area (Å²) >= 11 is 1.84. The second kappa shape index (κ2) is 11.1. The Labute approximate surface area is 327 Å². The predicted molar refractivity (Wildman–Crippen MR) is 235 cm³/mol. The summed E-state index contributed by atoms with van der Waals surface area (Å²) < 4.78 is 2.51. The highest BCUT2D eigenvalue weighted by atomic mass is 32.1. The number of hydrogen-bond acceptors (Lipinski definition) is 3. The third-order valence-electron chi connectivity index (χ3n) is 12.5.